The lowest BCUT2D eigenvalue weighted by Gasteiger charge is -2.22. The fourth-order valence-electron chi connectivity index (χ4n) is 2.54. The van der Waals surface area contributed by atoms with Gasteiger partial charge in [-0.15, -0.1) is 0 Å². The van der Waals surface area contributed by atoms with Crippen molar-refractivity contribution < 1.29 is 33.7 Å². The third-order valence-corrected chi connectivity index (χ3v) is 3.73. The molecule has 0 saturated carbocycles. The number of hydrogen-bond acceptors (Lipinski definition) is 6. The van der Waals surface area contributed by atoms with Gasteiger partial charge in [-0.25, -0.2) is 4.79 Å². The van der Waals surface area contributed by atoms with Gasteiger partial charge in [0.05, 0.1) is 26.3 Å². The average molecular weight is 410 g/mol. The number of ether oxygens (including phenoxy) is 3. The van der Waals surface area contributed by atoms with Gasteiger partial charge in [-0.3, -0.25) is 9.59 Å². The quantitative estimate of drug-likeness (QED) is 0.572. The summed E-state index contributed by atoms with van der Waals surface area (Å²) in [5.41, 5.74) is 0.540. The van der Waals surface area contributed by atoms with E-state index in [-0.39, 0.29) is 18.9 Å². The zero-order valence-corrected chi connectivity index (χ0v) is 17.8. The molecule has 1 rings (SSSR count). The summed E-state index contributed by atoms with van der Waals surface area (Å²) in [4.78, 5) is 34.5. The van der Waals surface area contributed by atoms with Gasteiger partial charge in [0.1, 0.15) is 17.1 Å². The zero-order chi connectivity index (χ0) is 22.2. The number of anilines is 1. The molecule has 162 valence electrons. The van der Waals surface area contributed by atoms with E-state index in [1.807, 2.05) is 6.92 Å². The summed E-state index contributed by atoms with van der Waals surface area (Å²) in [6, 6.07) is 3.06. The van der Waals surface area contributed by atoms with Crippen molar-refractivity contribution >= 4 is 23.7 Å². The van der Waals surface area contributed by atoms with Crippen LogP contribution in [0.15, 0.2) is 12.1 Å². The van der Waals surface area contributed by atoms with Crippen molar-refractivity contribution in [3.05, 3.63) is 17.7 Å². The highest BCUT2D eigenvalue weighted by Crippen LogP contribution is 2.34. The lowest BCUT2D eigenvalue weighted by molar-refractivity contribution is -0.138. The number of amides is 2. The number of rotatable bonds is 9. The van der Waals surface area contributed by atoms with Crippen molar-refractivity contribution in [1.29, 1.82) is 0 Å². The Morgan fingerprint density at radius 2 is 1.69 bits per heavy atom. The molecule has 1 atom stereocenters. The number of carboxylic acids is 1. The highest BCUT2D eigenvalue weighted by Gasteiger charge is 2.20. The molecule has 0 saturated heterocycles. The van der Waals surface area contributed by atoms with E-state index in [0.717, 1.165) is 5.56 Å². The Bertz CT molecular complexity index is 741. The summed E-state index contributed by atoms with van der Waals surface area (Å²) in [5, 5.41) is 14.1. The Kier molecular flexibility index (Phi) is 8.75. The first-order chi connectivity index (χ1) is 13.4. The molecule has 0 aliphatic rings. The van der Waals surface area contributed by atoms with Gasteiger partial charge in [0, 0.05) is 18.5 Å². The van der Waals surface area contributed by atoms with E-state index in [4.69, 9.17) is 19.3 Å². The van der Waals surface area contributed by atoms with Crippen molar-refractivity contribution in [2.24, 2.45) is 0 Å². The number of aliphatic carboxylic acids is 1. The van der Waals surface area contributed by atoms with Crippen molar-refractivity contribution in [1.82, 2.24) is 5.32 Å². The SMILES string of the molecule is COc1cc(NC(=O)CCC(=O)O)c(OC)cc1CC(C)NC(=O)OC(C)(C)C. The summed E-state index contributed by atoms with van der Waals surface area (Å²) in [6.07, 6.45) is -0.499. The lowest BCUT2D eigenvalue weighted by atomic mass is 10.0. The maximum atomic E-state index is 12.0. The number of methoxy groups -OCH3 is 2. The predicted molar refractivity (Wildman–Crippen MR) is 108 cm³/mol. The molecule has 2 amide bonds. The van der Waals surface area contributed by atoms with Crippen molar-refractivity contribution in [3.8, 4) is 11.5 Å². The fourth-order valence-corrected chi connectivity index (χ4v) is 2.54. The molecule has 1 aromatic rings. The second kappa shape index (κ2) is 10.5. The summed E-state index contributed by atoms with van der Waals surface area (Å²) in [7, 11) is 2.95. The minimum Gasteiger partial charge on any atom is -0.496 e. The summed E-state index contributed by atoms with van der Waals surface area (Å²) in [6.45, 7) is 7.19. The molecule has 3 N–H and O–H groups in total. The number of alkyl carbamates (subject to hydrolysis) is 1. The Balaban J connectivity index is 2.92. The highest BCUT2D eigenvalue weighted by molar-refractivity contribution is 5.94. The second-order valence-electron chi connectivity index (χ2n) is 7.56. The molecule has 0 bridgehead atoms. The number of carbonyl (C=O) groups is 3. The minimum absolute atomic E-state index is 0.153. The number of hydrogen-bond donors (Lipinski definition) is 3. The molecular weight excluding hydrogens is 380 g/mol. The maximum absolute atomic E-state index is 12.0. The van der Waals surface area contributed by atoms with Crippen LogP contribution in [0.5, 0.6) is 11.5 Å². The van der Waals surface area contributed by atoms with E-state index in [1.165, 1.54) is 14.2 Å². The summed E-state index contributed by atoms with van der Waals surface area (Å²) < 4.78 is 16.0. The van der Waals surface area contributed by atoms with Crippen molar-refractivity contribution in [2.75, 3.05) is 19.5 Å². The molecule has 9 heteroatoms. The Morgan fingerprint density at radius 1 is 1.07 bits per heavy atom. The molecule has 1 aromatic carbocycles. The van der Waals surface area contributed by atoms with Gasteiger partial charge in [-0.05, 0) is 45.7 Å². The van der Waals surface area contributed by atoms with Crippen LogP contribution in [0.25, 0.3) is 0 Å². The van der Waals surface area contributed by atoms with Gasteiger partial charge in [-0.1, -0.05) is 0 Å². The minimum atomic E-state index is -1.05. The van der Waals surface area contributed by atoms with Gasteiger partial charge < -0.3 is 30.0 Å². The van der Waals surface area contributed by atoms with Crippen LogP contribution < -0.4 is 20.1 Å². The van der Waals surface area contributed by atoms with E-state index in [9.17, 15) is 14.4 Å². The van der Waals surface area contributed by atoms with Crippen LogP contribution in [-0.4, -0.2) is 48.9 Å². The molecule has 1 unspecified atom stereocenters. The third kappa shape index (κ3) is 8.71. The Labute approximate surface area is 170 Å². The van der Waals surface area contributed by atoms with E-state index >= 15 is 0 Å². The summed E-state index contributed by atoms with van der Waals surface area (Å²) >= 11 is 0. The molecule has 0 fully saturated rings. The number of carboxylic acid groups (broad SMARTS) is 1. The van der Waals surface area contributed by atoms with Gasteiger partial charge in [0.2, 0.25) is 5.91 Å². The molecular formula is C20H30N2O7. The average Bonchev–Trinajstić information content (AvgIpc) is 2.58. The van der Waals surface area contributed by atoms with Crippen LogP contribution in [0, 0.1) is 0 Å². The standard InChI is InChI=1S/C20H30N2O7/c1-12(21-19(26)29-20(2,3)4)9-13-10-16(28-6)14(11-15(13)27-5)22-17(23)7-8-18(24)25/h10-12H,7-9H2,1-6H3,(H,21,26)(H,22,23)(H,24,25). The number of carbonyl (C=O) groups excluding carboxylic acids is 2. The Morgan fingerprint density at radius 3 is 2.21 bits per heavy atom. The largest absolute Gasteiger partial charge is 0.496 e. The van der Waals surface area contributed by atoms with Crippen LogP contribution in [0.1, 0.15) is 46.1 Å². The molecule has 0 aromatic heterocycles. The van der Waals surface area contributed by atoms with Crippen molar-refractivity contribution in [2.45, 2.75) is 58.6 Å². The smallest absolute Gasteiger partial charge is 0.407 e. The lowest BCUT2D eigenvalue weighted by Crippen LogP contribution is -2.38. The topological polar surface area (TPSA) is 123 Å². The molecule has 0 aliphatic carbocycles. The van der Waals surface area contributed by atoms with Crippen LogP contribution in [0.4, 0.5) is 10.5 Å². The molecule has 0 heterocycles. The normalized spacial score (nSPS) is 11.9. The number of benzene rings is 1. The molecule has 9 nitrogen and oxygen atoms in total. The maximum Gasteiger partial charge on any atom is 0.407 e. The Hall–Kier alpha value is -2.97. The highest BCUT2D eigenvalue weighted by atomic mass is 16.6. The van der Waals surface area contributed by atoms with Crippen LogP contribution >= 0.6 is 0 Å². The van der Waals surface area contributed by atoms with Crippen LogP contribution in [0.2, 0.25) is 0 Å². The van der Waals surface area contributed by atoms with E-state index in [1.54, 1.807) is 32.9 Å². The monoisotopic (exact) mass is 410 g/mol. The third-order valence-electron chi connectivity index (χ3n) is 3.73. The number of nitrogens with one attached hydrogen (secondary N) is 2. The van der Waals surface area contributed by atoms with Gasteiger partial charge in [0.25, 0.3) is 0 Å². The van der Waals surface area contributed by atoms with Crippen LogP contribution in [0.3, 0.4) is 0 Å². The van der Waals surface area contributed by atoms with Gasteiger partial charge in [-0.2, -0.15) is 0 Å². The molecule has 29 heavy (non-hydrogen) atoms. The zero-order valence-electron chi connectivity index (χ0n) is 17.8. The second-order valence-corrected chi connectivity index (χ2v) is 7.56. The molecule has 0 aliphatic heterocycles. The van der Waals surface area contributed by atoms with E-state index in [2.05, 4.69) is 10.6 Å². The fraction of sp³-hybridized carbons (Fsp3) is 0.550. The van der Waals surface area contributed by atoms with Gasteiger partial charge in [0.15, 0.2) is 0 Å². The van der Waals surface area contributed by atoms with E-state index < -0.39 is 23.6 Å². The first-order valence-corrected chi connectivity index (χ1v) is 9.21. The molecule has 0 spiro atoms. The molecule has 0 radical (unpaired) electrons. The van der Waals surface area contributed by atoms with Crippen molar-refractivity contribution in [3.63, 3.8) is 0 Å². The van der Waals surface area contributed by atoms with Gasteiger partial charge >= 0.3 is 12.1 Å². The first-order valence-electron chi connectivity index (χ1n) is 9.21. The van der Waals surface area contributed by atoms with Crippen LogP contribution in [-0.2, 0) is 20.7 Å². The first kappa shape index (κ1) is 24.1. The van der Waals surface area contributed by atoms with E-state index in [0.29, 0.717) is 23.6 Å². The summed E-state index contributed by atoms with van der Waals surface area (Å²) in [5.74, 6) is -0.599. The predicted octanol–water partition coefficient (Wildman–Crippen LogP) is 2.96.